The maximum atomic E-state index is 12.7. The smallest absolute Gasteiger partial charge is 0.264 e. The molecule has 4 aromatic rings. The number of anilines is 1. The molecule has 0 N–H and O–H groups in total. The molecular weight excluding hydrogens is 392 g/mol. The van der Waals surface area contributed by atoms with Crippen molar-refractivity contribution in [1.82, 2.24) is 34.2 Å². The van der Waals surface area contributed by atoms with Crippen LogP contribution in [0.5, 0.6) is 0 Å². The van der Waals surface area contributed by atoms with Gasteiger partial charge in [-0.05, 0) is 12.1 Å². The second kappa shape index (κ2) is 6.92. The molecule has 4 aromatic heterocycles. The normalized spacial score (nSPS) is 14.8. The Kier molecular flexibility index (Phi) is 4.23. The van der Waals surface area contributed by atoms with Crippen molar-refractivity contribution in [2.24, 2.45) is 7.05 Å². The fraction of sp³-hybridized carbons (Fsp3) is 0.333. The molecule has 1 saturated heterocycles. The molecule has 0 aromatic carbocycles. The van der Waals surface area contributed by atoms with Crippen LogP contribution in [0.2, 0.25) is 0 Å². The molecule has 0 aliphatic carbocycles. The first-order valence-corrected chi connectivity index (χ1v) is 10.0. The first kappa shape index (κ1) is 17.7. The zero-order chi connectivity index (χ0) is 20.0. The van der Waals surface area contributed by atoms with Gasteiger partial charge in [0.1, 0.15) is 28.6 Å². The van der Waals surface area contributed by atoms with E-state index in [-0.39, 0.29) is 18.0 Å². The van der Waals surface area contributed by atoms with Crippen LogP contribution in [0.15, 0.2) is 35.6 Å². The highest BCUT2D eigenvalue weighted by atomic mass is 32.1. The molecule has 29 heavy (non-hydrogen) atoms. The van der Waals surface area contributed by atoms with Crippen molar-refractivity contribution in [3.05, 3.63) is 41.2 Å². The highest BCUT2D eigenvalue weighted by Crippen LogP contribution is 2.27. The number of nitrogens with zero attached hydrogens (tertiary/aromatic N) is 8. The van der Waals surface area contributed by atoms with E-state index in [1.807, 2.05) is 12.1 Å². The molecule has 1 fully saturated rings. The number of rotatable bonds is 3. The summed E-state index contributed by atoms with van der Waals surface area (Å²) < 4.78 is 2.89. The van der Waals surface area contributed by atoms with Gasteiger partial charge in [-0.3, -0.25) is 18.8 Å². The standard InChI is InChI=1S/C18H18N8O2S/c1-23-15-12(9-21-23)17(28)26(11-20-15)10-14(27)24-5-7-25(8-6-24)18-22-13-3-2-4-19-16(13)29-18/h2-4,9,11H,5-8,10H2,1H3. The predicted molar refractivity (Wildman–Crippen MR) is 109 cm³/mol. The summed E-state index contributed by atoms with van der Waals surface area (Å²) in [7, 11) is 1.73. The third-order valence-electron chi connectivity index (χ3n) is 5.08. The Labute approximate surface area is 169 Å². The highest BCUT2D eigenvalue weighted by molar-refractivity contribution is 7.21. The van der Waals surface area contributed by atoms with Gasteiger partial charge in [0.05, 0.1) is 6.20 Å². The Morgan fingerprint density at radius 1 is 1.21 bits per heavy atom. The monoisotopic (exact) mass is 410 g/mol. The maximum absolute atomic E-state index is 12.7. The van der Waals surface area contributed by atoms with Crippen LogP contribution in [0, 0.1) is 0 Å². The van der Waals surface area contributed by atoms with E-state index in [0.29, 0.717) is 37.2 Å². The van der Waals surface area contributed by atoms with Gasteiger partial charge in [-0.25, -0.2) is 15.0 Å². The van der Waals surface area contributed by atoms with Crippen LogP contribution in [-0.2, 0) is 18.4 Å². The molecule has 0 unspecified atom stereocenters. The molecule has 11 heteroatoms. The molecule has 1 aliphatic rings. The van der Waals surface area contributed by atoms with Crippen LogP contribution in [0.4, 0.5) is 5.13 Å². The van der Waals surface area contributed by atoms with Gasteiger partial charge in [-0.2, -0.15) is 5.10 Å². The number of carbonyl (C=O) groups is 1. The molecule has 1 amide bonds. The first-order valence-electron chi connectivity index (χ1n) is 9.21. The quantitative estimate of drug-likeness (QED) is 0.484. The van der Waals surface area contributed by atoms with Gasteiger partial charge in [0.15, 0.2) is 10.8 Å². The van der Waals surface area contributed by atoms with Crippen LogP contribution in [-0.4, -0.2) is 66.3 Å². The highest BCUT2D eigenvalue weighted by Gasteiger charge is 2.24. The van der Waals surface area contributed by atoms with E-state index in [0.717, 1.165) is 15.5 Å². The minimum atomic E-state index is -0.253. The van der Waals surface area contributed by atoms with E-state index in [1.54, 1.807) is 34.2 Å². The maximum Gasteiger partial charge on any atom is 0.264 e. The van der Waals surface area contributed by atoms with Gasteiger partial charge in [0.25, 0.3) is 5.56 Å². The summed E-state index contributed by atoms with van der Waals surface area (Å²) in [6.45, 7) is 2.53. The van der Waals surface area contributed by atoms with E-state index in [1.165, 1.54) is 17.1 Å². The lowest BCUT2D eigenvalue weighted by molar-refractivity contribution is -0.132. The number of piperazine rings is 1. The van der Waals surface area contributed by atoms with Crippen molar-refractivity contribution in [1.29, 1.82) is 0 Å². The van der Waals surface area contributed by atoms with Crippen molar-refractivity contribution < 1.29 is 4.79 Å². The van der Waals surface area contributed by atoms with E-state index in [9.17, 15) is 9.59 Å². The van der Waals surface area contributed by atoms with E-state index >= 15 is 0 Å². The summed E-state index contributed by atoms with van der Waals surface area (Å²) in [6, 6.07) is 3.83. The number of amides is 1. The number of aryl methyl sites for hydroxylation is 1. The fourth-order valence-electron chi connectivity index (χ4n) is 3.47. The summed E-state index contributed by atoms with van der Waals surface area (Å²) in [5.41, 5.74) is 1.15. The Morgan fingerprint density at radius 2 is 2.03 bits per heavy atom. The Hall–Kier alpha value is -3.34. The number of thiazole rings is 1. The molecule has 148 valence electrons. The van der Waals surface area contributed by atoms with E-state index in [4.69, 9.17) is 0 Å². The van der Waals surface area contributed by atoms with Crippen LogP contribution in [0.1, 0.15) is 0 Å². The Balaban J connectivity index is 1.26. The average molecular weight is 410 g/mol. The number of fused-ring (bicyclic) bond motifs is 2. The number of pyridine rings is 1. The molecule has 0 saturated carbocycles. The van der Waals surface area contributed by atoms with Crippen molar-refractivity contribution in [2.45, 2.75) is 6.54 Å². The second-order valence-electron chi connectivity index (χ2n) is 6.88. The van der Waals surface area contributed by atoms with Gasteiger partial charge in [0.2, 0.25) is 5.91 Å². The summed E-state index contributed by atoms with van der Waals surface area (Å²) in [5.74, 6) is -0.0947. The molecule has 10 nitrogen and oxygen atoms in total. The van der Waals surface area contributed by atoms with Crippen molar-refractivity contribution in [3.8, 4) is 0 Å². The van der Waals surface area contributed by atoms with Gasteiger partial charge in [-0.1, -0.05) is 11.3 Å². The molecule has 0 radical (unpaired) electrons. The Morgan fingerprint density at radius 3 is 2.83 bits per heavy atom. The topological polar surface area (TPSA) is 102 Å². The van der Waals surface area contributed by atoms with Crippen molar-refractivity contribution in [2.75, 3.05) is 31.1 Å². The zero-order valence-electron chi connectivity index (χ0n) is 15.7. The molecule has 0 bridgehead atoms. The summed E-state index contributed by atoms with van der Waals surface area (Å²) >= 11 is 1.56. The van der Waals surface area contributed by atoms with Crippen LogP contribution < -0.4 is 10.5 Å². The fourth-order valence-corrected chi connectivity index (χ4v) is 4.43. The minimum Gasteiger partial charge on any atom is -0.344 e. The van der Waals surface area contributed by atoms with Gasteiger partial charge in [-0.15, -0.1) is 0 Å². The third-order valence-corrected chi connectivity index (χ3v) is 6.12. The summed E-state index contributed by atoms with van der Waals surface area (Å²) in [4.78, 5) is 43.4. The third kappa shape index (κ3) is 3.12. The van der Waals surface area contributed by atoms with Crippen LogP contribution in [0.3, 0.4) is 0 Å². The molecule has 0 atom stereocenters. The largest absolute Gasteiger partial charge is 0.344 e. The predicted octanol–water partition coefficient (Wildman–Crippen LogP) is 0.483. The molecule has 0 spiro atoms. The number of hydrogen-bond donors (Lipinski definition) is 0. The number of carbonyl (C=O) groups excluding carboxylic acids is 1. The van der Waals surface area contributed by atoms with E-state index < -0.39 is 0 Å². The number of hydrogen-bond acceptors (Lipinski definition) is 8. The lowest BCUT2D eigenvalue weighted by Crippen LogP contribution is -2.50. The van der Waals surface area contributed by atoms with Crippen LogP contribution >= 0.6 is 11.3 Å². The lowest BCUT2D eigenvalue weighted by Gasteiger charge is -2.34. The van der Waals surface area contributed by atoms with Crippen molar-refractivity contribution in [3.63, 3.8) is 0 Å². The molecule has 5 rings (SSSR count). The van der Waals surface area contributed by atoms with Gasteiger partial charge >= 0.3 is 0 Å². The SMILES string of the molecule is Cn1ncc2c(=O)n(CC(=O)N3CCN(c4nc5cccnc5s4)CC3)cnc21. The lowest BCUT2D eigenvalue weighted by atomic mass is 10.3. The van der Waals surface area contributed by atoms with Crippen LogP contribution in [0.25, 0.3) is 21.4 Å². The first-order chi connectivity index (χ1) is 14.1. The minimum absolute atomic E-state index is 0.0261. The summed E-state index contributed by atoms with van der Waals surface area (Å²) in [6.07, 6.45) is 4.66. The zero-order valence-corrected chi connectivity index (χ0v) is 16.5. The van der Waals surface area contributed by atoms with Crippen molar-refractivity contribution >= 4 is 43.8 Å². The van der Waals surface area contributed by atoms with Gasteiger partial charge in [0, 0.05) is 39.4 Å². The van der Waals surface area contributed by atoms with Gasteiger partial charge < -0.3 is 9.80 Å². The molecular formula is C18H18N8O2S. The number of aromatic nitrogens is 6. The Bertz CT molecular complexity index is 1230. The molecule has 5 heterocycles. The average Bonchev–Trinajstić information content (AvgIpc) is 3.34. The second-order valence-corrected chi connectivity index (χ2v) is 7.83. The summed E-state index contributed by atoms with van der Waals surface area (Å²) in [5, 5.41) is 5.39. The molecule has 1 aliphatic heterocycles. The van der Waals surface area contributed by atoms with E-state index in [2.05, 4.69) is 25.0 Å².